The van der Waals surface area contributed by atoms with Gasteiger partial charge in [-0.1, -0.05) is 38.5 Å². The van der Waals surface area contributed by atoms with Crippen molar-refractivity contribution >= 4 is 127 Å². The first-order valence-corrected chi connectivity index (χ1v) is 31.6. The van der Waals surface area contributed by atoms with Crippen LogP contribution in [0.5, 0.6) is 0 Å². The zero-order chi connectivity index (χ0) is 63.3. The number of aromatic nitrogens is 4. The molecular formula is C61H71ClF6N10O8S3. The Morgan fingerprint density at radius 3 is 1.33 bits per heavy atom. The van der Waals surface area contributed by atoms with E-state index < -0.39 is 48.8 Å². The molecule has 4 aliphatic rings. The standard InChI is InChI=1S/C30H37F2N5O4S.C25H29F2N5O2S.C6H4F2O2S.ClH/c1-30(2,3)41-29(40)33-18-14-20(15-18)37-22-11-10-19(36(4)27(39)17-8-6-5-7-9-17)16-21(22)34-28(37)35-26(38)24-13-12-23(42-24)25(31)32;1-31(24(34)14-5-3-2-4-6-14)16-7-8-19-18(13-16)29-25(32(19)17-11-15(28)12-17)30-23(33)21-10-9-20(35-21)22(26)27;7-5(8)3-1-2-4(11-3)6(9)10;/h10-13,16-18,20,25H,5-9,14-15H2,1-4H3,(H,33,40)(H,34,35,38);7-10,13-15,17,22H,2-6,11-12,28H2,1H3,(H,29,30,33);1-2,5H,(H,9,10);1H. The highest BCUT2D eigenvalue weighted by Crippen LogP contribution is 2.41. The van der Waals surface area contributed by atoms with Crippen molar-refractivity contribution < 1.29 is 65.0 Å². The number of hydrogen-bond donors (Lipinski definition) is 5. The molecule has 4 aliphatic carbocycles. The van der Waals surface area contributed by atoms with Gasteiger partial charge in [0.15, 0.2) is 0 Å². The summed E-state index contributed by atoms with van der Waals surface area (Å²) in [5.41, 5.74) is 9.71. The van der Waals surface area contributed by atoms with E-state index in [1.165, 1.54) is 36.8 Å². The lowest BCUT2D eigenvalue weighted by atomic mass is 9.86. The molecule has 0 unspecified atom stereocenters. The van der Waals surface area contributed by atoms with Crippen molar-refractivity contribution in [1.29, 1.82) is 0 Å². The van der Waals surface area contributed by atoms with Crippen LogP contribution in [0.4, 0.5) is 54.4 Å². The molecule has 0 aliphatic heterocycles. The number of fused-ring (bicyclic) bond motifs is 2. The van der Waals surface area contributed by atoms with Crippen LogP contribution in [-0.4, -0.2) is 91.7 Å². The van der Waals surface area contributed by atoms with Crippen LogP contribution in [0.25, 0.3) is 22.1 Å². The molecule has 89 heavy (non-hydrogen) atoms. The van der Waals surface area contributed by atoms with Crippen molar-refractivity contribution in [3.63, 3.8) is 0 Å². The van der Waals surface area contributed by atoms with Crippen molar-refractivity contribution in [2.75, 3.05) is 34.5 Å². The fourth-order valence-electron chi connectivity index (χ4n) is 11.3. The van der Waals surface area contributed by atoms with Crippen molar-refractivity contribution in [3.05, 3.63) is 102 Å². The molecule has 11 rings (SSSR count). The van der Waals surface area contributed by atoms with Crippen LogP contribution in [0.15, 0.2) is 72.8 Å². The molecule has 0 atom stereocenters. The van der Waals surface area contributed by atoms with Gasteiger partial charge in [-0.25, -0.2) is 45.9 Å². The highest BCUT2D eigenvalue weighted by molar-refractivity contribution is 7.14. The van der Waals surface area contributed by atoms with Gasteiger partial charge in [0.1, 0.15) is 10.5 Å². The Morgan fingerprint density at radius 1 is 0.596 bits per heavy atom. The summed E-state index contributed by atoms with van der Waals surface area (Å²) in [6.07, 6.45) is 4.63. The van der Waals surface area contributed by atoms with Gasteiger partial charge in [0.05, 0.1) is 46.5 Å². The second-order valence-corrected chi connectivity index (χ2v) is 26.8. The summed E-state index contributed by atoms with van der Waals surface area (Å²) >= 11 is 2.11. The van der Waals surface area contributed by atoms with Gasteiger partial charge in [0.25, 0.3) is 31.1 Å². The Hall–Kier alpha value is -7.07. The fraction of sp³-hybridized carbons (Fsp3) is 0.475. The van der Waals surface area contributed by atoms with Crippen LogP contribution in [-0.2, 0) is 14.3 Å². The van der Waals surface area contributed by atoms with E-state index in [4.69, 9.17) is 20.6 Å². The van der Waals surface area contributed by atoms with Crippen LogP contribution in [0.3, 0.4) is 0 Å². The number of thiophene rings is 3. The number of carbonyl (C=O) groups excluding carboxylic acids is 5. The van der Waals surface area contributed by atoms with Crippen LogP contribution in [0.1, 0.15) is 186 Å². The lowest BCUT2D eigenvalue weighted by Crippen LogP contribution is -2.46. The molecule has 5 amide bonds. The summed E-state index contributed by atoms with van der Waals surface area (Å²) in [4.78, 5) is 87.1. The monoisotopic (exact) mass is 1320 g/mol. The number of nitrogens with two attached hydrogens (primary N) is 1. The van der Waals surface area contributed by atoms with Gasteiger partial charge in [-0.15, -0.1) is 46.4 Å². The number of alkyl halides is 6. The molecule has 5 aromatic heterocycles. The maximum atomic E-state index is 13.2. The van der Waals surface area contributed by atoms with Crippen molar-refractivity contribution in [3.8, 4) is 0 Å². The largest absolute Gasteiger partial charge is 0.477 e. The van der Waals surface area contributed by atoms with E-state index in [9.17, 15) is 55.1 Å². The summed E-state index contributed by atoms with van der Waals surface area (Å²) in [6, 6.07) is 18.8. The van der Waals surface area contributed by atoms with Crippen LogP contribution < -0.4 is 31.5 Å². The molecule has 28 heteroatoms. The lowest BCUT2D eigenvalue weighted by molar-refractivity contribution is -0.123. The average Bonchev–Trinajstić information content (AvgIpc) is 1.73. The van der Waals surface area contributed by atoms with E-state index in [-0.39, 0.29) is 95.4 Å². The second-order valence-electron chi connectivity index (χ2n) is 23.5. The maximum Gasteiger partial charge on any atom is 0.407 e. The fourth-order valence-corrected chi connectivity index (χ4v) is 13.6. The third kappa shape index (κ3) is 16.5. The number of nitrogens with zero attached hydrogens (tertiary/aromatic N) is 6. The van der Waals surface area contributed by atoms with Crippen LogP contribution in [0.2, 0.25) is 0 Å². The number of amides is 5. The number of imidazole rings is 2. The summed E-state index contributed by atoms with van der Waals surface area (Å²) in [5, 5.41) is 16.9. The Bertz CT molecular complexity index is 3650. The van der Waals surface area contributed by atoms with Gasteiger partial charge in [-0.3, -0.25) is 29.8 Å². The Labute approximate surface area is 528 Å². The summed E-state index contributed by atoms with van der Waals surface area (Å²) in [7, 11) is 3.56. The number of carboxylic acid groups (broad SMARTS) is 1. The highest BCUT2D eigenvalue weighted by atomic mass is 35.5. The van der Waals surface area contributed by atoms with Gasteiger partial charge < -0.3 is 39.8 Å². The lowest BCUT2D eigenvalue weighted by Gasteiger charge is -2.37. The molecule has 5 heterocycles. The topological polar surface area (TPSA) is 236 Å². The van der Waals surface area contributed by atoms with E-state index >= 15 is 0 Å². The number of anilines is 4. The third-order valence-corrected chi connectivity index (χ3v) is 19.3. The predicted molar refractivity (Wildman–Crippen MR) is 335 cm³/mol. The SMILES string of the molecule is CN(C(=O)C1CCCCC1)c1ccc2c(c1)nc(NC(=O)c1ccc(C(F)F)s1)n2C1CC(N)C1.CN(C(=O)C1CCCCC1)c1ccc2c(c1)nc(NC(=O)c1ccc(C(F)F)s1)n2C1CC(NC(=O)OC(C)(C)C)C1.Cl.O=C(O)c1ccc(C(F)F)s1. The molecule has 0 radical (unpaired) electrons. The van der Waals surface area contributed by atoms with E-state index in [2.05, 4.69) is 20.9 Å². The molecule has 480 valence electrons. The van der Waals surface area contributed by atoms with Gasteiger partial charge in [-0.05, 0) is 145 Å². The number of nitrogens with one attached hydrogen (secondary N) is 3. The molecule has 4 saturated carbocycles. The smallest absolute Gasteiger partial charge is 0.407 e. The minimum absolute atomic E-state index is 0. The maximum absolute atomic E-state index is 13.2. The number of benzene rings is 2. The van der Waals surface area contributed by atoms with Gasteiger partial charge in [-0.2, -0.15) is 0 Å². The molecule has 18 nitrogen and oxygen atoms in total. The first-order chi connectivity index (χ1) is 41.8. The predicted octanol–water partition coefficient (Wildman–Crippen LogP) is 15.4. The van der Waals surface area contributed by atoms with E-state index in [0.717, 1.165) is 116 Å². The first-order valence-electron chi connectivity index (χ1n) is 29.2. The van der Waals surface area contributed by atoms with E-state index in [1.807, 2.05) is 45.5 Å². The minimum Gasteiger partial charge on any atom is -0.477 e. The number of rotatable bonds is 15. The normalized spacial score (nSPS) is 18.6. The number of ether oxygens (including phenoxy) is 1. The Balaban J connectivity index is 0.000000196. The van der Waals surface area contributed by atoms with E-state index in [0.29, 0.717) is 46.8 Å². The number of carbonyl (C=O) groups is 6. The molecule has 0 bridgehead atoms. The zero-order valence-corrected chi connectivity index (χ0v) is 52.8. The molecular weight excluding hydrogens is 1250 g/mol. The van der Waals surface area contributed by atoms with Gasteiger partial charge >= 0.3 is 12.1 Å². The summed E-state index contributed by atoms with van der Waals surface area (Å²) in [5.74, 6) is -1.27. The van der Waals surface area contributed by atoms with Gasteiger partial charge in [0, 0.05) is 61.5 Å². The third-order valence-electron chi connectivity index (χ3n) is 16.0. The van der Waals surface area contributed by atoms with Crippen molar-refractivity contribution in [2.24, 2.45) is 17.6 Å². The number of hydrogen-bond acceptors (Lipinski definition) is 13. The van der Waals surface area contributed by atoms with E-state index in [1.54, 1.807) is 44.7 Å². The van der Waals surface area contributed by atoms with Crippen molar-refractivity contribution in [1.82, 2.24) is 24.4 Å². The number of aromatic carboxylic acids is 1. The highest BCUT2D eigenvalue weighted by Gasteiger charge is 2.37. The molecule has 0 saturated heterocycles. The summed E-state index contributed by atoms with van der Waals surface area (Å²) < 4.78 is 85.2. The first kappa shape index (κ1) is 67.9. The van der Waals surface area contributed by atoms with Crippen LogP contribution in [0, 0.1) is 11.8 Å². The average molecular weight is 1320 g/mol. The van der Waals surface area contributed by atoms with Crippen LogP contribution >= 0.6 is 46.4 Å². The quantitative estimate of drug-likeness (QED) is 0.0605. The Kier molecular flexibility index (Phi) is 22.3. The minimum atomic E-state index is -2.66. The number of alkyl carbamates (subject to hydrolysis) is 1. The second kappa shape index (κ2) is 29.3. The zero-order valence-electron chi connectivity index (χ0n) is 49.5. The van der Waals surface area contributed by atoms with Crippen molar-refractivity contribution in [2.45, 2.75) is 160 Å². The molecule has 4 fully saturated rings. The molecule has 2 aromatic carbocycles. The Morgan fingerprint density at radius 2 is 0.978 bits per heavy atom. The molecule has 0 spiro atoms. The molecule has 7 aromatic rings. The number of halogens is 7. The summed E-state index contributed by atoms with van der Waals surface area (Å²) in [6.45, 7) is 5.40. The van der Waals surface area contributed by atoms with Gasteiger partial charge in [0.2, 0.25) is 23.7 Å². The number of carboxylic acids is 1. The molecule has 6 N–H and O–H groups in total.